The monoisotopic (exact) mass is 312 g/mol. The molecule has 0 spiro atoms. The van der Waals surface area contributed by atoms with E-state index in [0.29, 0.717) is 4.83 Å². The SMILES string of the molecule is Cc1cc(C(Br)Cc2ccc(F)cc2)c(C)s1. The molecule has 0 N–H and O–H groups in total. The molecule has 2 rings (SSSR count). The van der Waals surface area contributed by atoms with E-state index in [1.54, 1.807) is 0 Å². The van der Waals surface area contributed by atoms with Gasteiger partial charge in [-0.15, -0.1) is 11.3 Å². The molecule has 0 saturated carbocycles. The Morgan fingerprint density at radius 2 is 1.88 bits per heavy atom. The van der Waals surface area contributed by atoms with E-state index < -0.39 is 0 Å². The van der Waals surface area contributed by atoms with Gasteiger partial charge in [0.25, 0.3) is 0 Å². The summed E-state index contributed by atoms with van der Waals surface area (Å²) < 4.78 is 12.8. The minimum atomic E-state index is -0.178. The first kappa shape index (κ1) is 12.8. The summed E-state index contributed by atoms with van der Waals surface area (Å²) in [5, 5.41) is 0. The lowest BCUT2D eigenvalue weighted by Crippen LogP contribution is -1.95. The van der Waals surface area contributed by atoms with Gasteiger partial charge in [0.1, 0.15) is 5.82 Å². The number of alkyl halides is 1. The van der Waals surface area contributed by atoms with Gasteiger partial charge in [0, 0.05) is 14.6 Å². The van der Waals surface area contributed by atoms with E-state index >= 15 is 0 Å². The van der Waals surface area contributed by atoms with E-state index in [-0.39, 0.29) is 5.82 Å². The van der Waals surface area contributed by atoms with Gasteiger partial charge in [0.05, 0.1) is 0 Å². The first-order valence-electron chi connectivity index (χ1n) is 5.51. The first-order valence-corrected chi connectivity index (χ1v) is 7.25. The molecule has 90 valence electrons. The number of benzene rings is 1. The van der Waals surface area contributed by atoms with Crippen molar-refractivity contribution in [3.63, 3.8) is 0 Å². The highest BCUT2D eigenvalue weighted by Crippen LogP contribution is 2.34. The normalized spacial score (nSPS) is 12.7. The molecule has 0 amide bonds. The van der Waals surface area contributed by atoms with Crippen molar-refractivity contribution >= 4 is 27.3 Å². The highest BCUT2D eigenvalue weighted by atomic mass is 79.9. The molecule has 2 aromatic rings. The van der Waals surface area contributed by atoms with Crippen LogP contribution in [0, 0.1) is 19.7 Å². The third-order valence-corrected chi connectivity index (χ3v) is 4.54. The molecule has 0 fully saturated rings. The zero-order valence-electron chi connectivity index (χ0n) is 9.84. The Labute approximate surface area is 114 Å². The van der Waals surface area contributed by atoms with E-state index in [1.807, 2.05) is 23.5 Å². The zero-order chi connectivity index (χ0) is 12.4. The molecule has 17 heavy (non-hydrogen) atoms. The highest BCUT2D eigenvalue weighted by Gasteiger charge is 2.13. The average molecular weight is 313 g/mol. The third kappa shape index (κ3) is 3.17. The van der Waals surface area contributed by atoms with Gasteiger partial charge in [-0.25, -0.2) is 4.39 Å². The number of aryl methyl sites for hydroxylation is 2. The van der Waals surface area contributed by atoms with Crippen molar-refractivity contribution in [2.45, 2.75) is 25.1 Å². The van der Waals surface area contributed by atoms with Crippen LogP contribution < -0.4 is 0 Å². The molecule has 0 aliphatic carbocycles. The molecule has 0 nitrogen and oxygen atoms in total. The summed E-state index contributed by atoms with van der Waals surface area (Å²) in [5.74, 6) is -0.178. The van der Waals surface area contributed by atoms with Crippen LogP contribution in [-0.4, -0.2) is 0 Å². The lowest BCUT2D eigenvalue weighted by atomic mass is 10.0. The quantitative estimate of drug-likeness (QED) is 0.685. The van der Waals surface area contributed by atoms with Gasteiger partial charge in [0.2, 0.25) is 0 Å². The van der Waals surface area contributed by atoms with Crippen molar-refractivity contribution in [1.29, 1.82) is 0 Å². The van der Waals surface area contributed by atoms with Crippen LogP contribution in [0.25, 0.3) is 0 Å². The molecule has 0 radical (unpaired) electrons. The summed E-state index contributed by atoms with van der Waals surface area (Å²) in [5.41, 5.74) is 2.49. The summed E-state index contributed by atoms with van der Waals surface area (Å²) in [6.07, 6.45) is 0.886. The van der Waals surface area contributed by atoms with Gasteiger partial charge < -0.3 is 0 Å². The van der Waals surface area contributed by atoms with Gasteiger partial charge in [-0.05, 0) is 49.6 Å². The second kappa shape index (κ2) is 5.32. The molecule has 1 atom stereocenters. The Bertz CT molecular complexity index is 501. The van der Waals surface area contributed by atoms with Crippen LogP contribution >= 0.6 is 27.3 Å². The average Bonchev–Trinajstić information content (AvgIpc) is 2.61. The van der Waals surface area contributed by atoms with Gasteiger partial charge in [-0.2, -0.15) is 0 Å². The van der Waals surface area contributed by atoms with E-state index in [9.17, 15) is 4.39 Å². The molecule has 1 aromatic heterocycles. The second-order valence-electron chi connectivity index (χ2n) is 4.17. The summed E-state index contributed by atoms with van der Waals surface area (Å²) in [7, 11) is 0. The Hall–Kier alpha value is -0.670. The maximum absolute atomic E-state index is 12.8. The predicted molar refractivity (Wildman–Crippen MR) is 75.6 cm³/mol. The summed E-state index contributed by atoms with van der Waals surface area (Å²) in [6, 6.07) is 8.95. The second-order valence-corrected chi connectivity index (χ2v) is 6.73. The Balaban J connectivity index is 2.14. The predicted octanol–water partition coefficient (Wildman–Crippen LogP) is 5.18. The molecular weight excluding hydrogens is 299 g/mol. The number of thiophene rings is 1. The van der Waals surface area contributed by atoms with Crippen LogP contribution in [0.4, 0.5) is 4.39 Å². The highest BCUT2D eigenvalue weighted by molar-refractivity contribution is 9.09. The van der Waals surface area contributed by atoms with E-state index in [4.69, 9.17) is 0 Å². The lowest BCUT2D eigenvalue weighted by molar-refractivity contribution is 0.627. The molecule has 1 unspecified atom stereocenters. The van der Waals surface area contributed by atoms with Crippen molar-refractivity contribution in [2.75, 3.05) is 0 Å². The zero-order valence-corrected chi connectivity index (χ0v) is 12.2. The van der Waals surface area contributed by atoms with Crippen LogP contribution in [0.1, 0.15) is 25.7 Å². The lowest BCUT2D eigenvalue weighted by Gasteiger charge is -2.09. The minimum Gasteiger partial charge on any atom is -0.207 e. The molecule has 0 aliphatic rings. The largest absolute Gasteiger partial charge is 0.207 e. The number of halogens is 2. The fourth-order valence-corrected chi connectivity index (χ4v) is 3.89. The maximum Gasteiger partial charge on any atom is 0.123 e. The minimum absolute atomic E-state index is 0.178. The molecule has 3 heteroatoms. The van der Waals surface area contributed by atoms with Crippen molar-refractivity contribution in [2.24, 2.45) is 0 Å². The summed E-state index contributed by atoms with van der Waals surface area (Å²) in [4.78, 5) is 2.99. The standard InChI is InChI=1S/C14H14BrFS/c1-9-7-13(10(2)17-9)14(15)8-11-3-5-12(16)6-4-11/h3-7,14H,8H2,1-2H3. The number of hydrogen-bond donors (Lipinski definition) is 0. The van der Waals surface area contributed by atoms with Crippen molar-refractivity contribution in [3.8, 4) is 0 Å². The van der Waals surface area contributed by atoms with Gasteiger partial charge in [-0.1, -0.05) is 28.1 Å². The van der Waals surface area contributed by atoms with Crippen LogP contribution in [-0.2, 0) is 6.42 Å². The van der Waals surface area contributed by atoms with Gasteiger partial charge >= 0.3 is 0 Å². The Morgan fingerprint density at radius 3 is 2.41 bits per heavy atom. The number of rotatable bonds is 3. The fourth-order valence-electron chi connectivity index (χ4n) is 1.90. The van der Waals surface area contributed by atoms with E-state index in [0.717, 1.165) is 12.0 Å². The fraction of sp³-hybridized carbons (Fsp3) is 0.286. The van der Waals surface area contributed by atoms with Crippen LogP contribution in [0.5, 0.6) is 0 Å². The Morgan fingerprint density at radius 1 is 1.24 bits per heavy atom. The van der Waals surface area contributed by atoms with Crippen LogP contribution in [0.2, 0.25) is 0 Å². The maximum atomic E-state index is 12.8. The number of hydrogen-bond acceptors (Lipinski definition) is 1. The van der Waals surface area contributed by atoms with Crippen LogP contribution in [0.3, 0.4) is 0 Å². The Kier molecular flexibility index (Phi) is 4.00. The van der Waals surface area contributed by atoms with Crippen molar-refractivity contribution in [3.05, 3.63) is 57.0 Å². The van der Waals surface area contributed by atoms with Gasteiger partial charge in [0.15, 0.2) is 0 Å². The van der Waals surface area contributed by atoms with Crippen molar-refractivity contribution in [1.82, 2.24) is 0 Å². The summed E-state index contributed by atoms with van der Waals surface area (Å²) in [6.45, 7) is 4.27. The molecule has 1 aromatic carbocycles. The van der Waals surface area contributed by atoms with Crippen LogP contribution in [0.15, 0.2) is 30.3 Å². The van der Waals surface area contributed by atoms with E-state index in [2.05, 4.69) is 35.8 Å². The molecular formula is C14H14BrFS. The molecule has 0 bridgehead atoms. The smallest absolute Gasteiger partial charge is 0.123 e. The van der Waals surface area contributed by atoms with E-state index in [1.165, 1.54) is 27.5 Å². The molecule has 0 aliphatic heterocycles. The van der Waals surface area contributed by atoms with Gasteiger partial charge in [-0.3, -0.25) is 0 Å². The molecule has 0 saturated heterocycles. The first-order chi connectivity index (χ1) is 8.06. The topological polar surface area (TPSA) is 0 Å². The third-order valence-electron chi connectivity index (χ3n) is 2.75. The van der Waals surface area contributed by atoms with Crippen molar-refractivity contribution < 1.29 is 4.39 Å². The molecule has 1 heterocycles. The summed E-state index contributed by atoms with van der Waals surface area (Å²) >= 11 is 5.54.